The molecule has 0 radical (unpaired) electrons. The maximum absolute atomic E-state index is 11.7. The van der Waals surface area contributed by atoms with Crippen molar-refractivity contribution >= 4 is 11.9 Å². The predicted octanol–water partition coefficient (Wildman–Crippen LogP) is 2.03. The van der Waals surface area contributed by atoms with Crippen LogP contribution in [0.2, 0.25) is 0 Å². The molecule has 0 fully saturated rings. The van der Waals surface area contributed by atoms with E-state index in [4.69, 9.17) is 14.6 Å². The molecular weight excluding hydrogens is 248 g/mol. The average Bonchev–Trinajstić information content (AvgIpc) is 2.28. The van der Waals surface area contributed by atoms with Gasteiger partial charge in [0, 0.05) is 0 Å². The molecule has 0 unspecified atom stereocenters. The van der Waals surface area contributed by atoms with Gasteiger partial charge in [-0.3, -0.25) is 4.79 Å². The number of hydrogen-bond donors (Lipinski definition) is 1. The molecule has 0 aliphatic rings. The SMILES string of the molecule is CCOC(=O)C(C)(C)Oc1cccc(CC(=O)O)c1. The third-order valence-corrected chi connectivity index (χ3v) is 2.39. The molecule has 5 nitrogen and oxygen atoms in total. The van der Waals surface area contributed by atoms with Gasteiger partial charge in [0.15, 0.2) is 5.60 Å². The first-order chi connectivity index (χ1) is 8.85. The maximum Gasteiger partial charge on any atom is 0.349 e. The van der Waals surface area contributed by atoms with E-state index in [1.807, 2.05) is 0 Å². The van der Waals surface area contributed by atoms with Crippen molar-refractivity contribution in [1.82, 2.24) is 0 Å². The summed E-state index contributed by atoms with van der Waals surface area (Å²) in [5, 5.41) is 8.73. The summed E-state index contributed by atoms with van der Waals surface area (Å²) in [6, 6.07) is 6.66. The molecule has 5 heteroatoms. The molecule has 0 atom stereocenters. The van der Waals surface area contributed by atoms with E-state index >= 15 is 0 Å². The van der Waals surface area contributed by atoms with E-state index in [2.05, 4.69) is 0 Å². The van der Waals surface area contributed by atoms with Crippen molar-refractivity contribution in [2.24, 2.45) is 0 Å². The lowest BCUT2D eigenvalue weighted by atomic mass is 10.1. The van der Waals surface area contributed by atoms with Crippen LogP contribution in [0.25, 0.3) is 0 Å². The number of carboxylic acid groups (broad SMARTS) is 1. The average molecular weight is 266 g/mol. The summed E-state index contributed by atoms with van der Waals surface area (Å²) >= 11 is 0. The minimum atomic E-state index is -1.11. The summed E-state index contributed by atoms with van der Waals surface area (Å²) in [6.07, 6.45) is -0.0863. The van der Waals surface area contributed by atoms with Gasteiger partial charge in [0.1, 0.15) is 5.75 Å². The number of esters is 1. The molecule has 0 aliphatic heterocycles. The first kappa shape index (κ1) is 15.0. The monoisotopic (exact) mass is 266 g/mol. The standard InChI is InChI=1S/C14H18O5/c1-4-18-13(17)14(2,3)19-11-7-5-6-10(8-11)9-12(15)16/h5-8H,4,9H2,1-3H3,(H,15,16). The quantitative estimate of drug-likeness (QED) is 0.797. The molecule has 0 saturated carbocycles. The molecule has 1 aromatic carbocycles. The highest BCUT2D eigenvalue weighted by Crippen LogP contribution is 2.21. The molecule has 0 aliphatic carbocycles. The Morgan fingerprint density at radius 1 is 1.32 bits per heavy atom. The van der Waals surface area contributed by atoms with Gasteiger partial charge < -0.3 is 14.6 Å². The Morgan fingerprint density at radius 3 is 2.58 bits per heavy atom. The molecule has 0 spiro atoms. The Labute approximate surface area is 112 Å². The van der Waals surface area contributed by atoms with Gasteiger partial charge in [0.05, 0.1) is 13.0 Å². The molecule has 1 aromatic rings. The van der Waals surface area contributed by atoms with Crippen molar-refractivity contribution in [3.8, 4) is 5.75 Å². The Hall–Kier alpha value is -2.04. The van der Waals surface area contributed by atoms with Crippen LogP contribution in [0.1, 0.15) is 26.3 Å². The van der Waals surface area contributed by atoms with E-state index in [9.17, 15) is 9.59 Å². The fourth-order valence-electron chi connectivity index (χ4n) is 1.53. The van der Waals surface area contributed by atoms with E-state index in [-0.39, 0.29) is 13.0 Å². The normalized spacial score (nSPS) is 10.9. The molecular formula is C14H18O5. The lowest BCUT2D eigenvalue weighted by Gasteiger charge is -2.24. The maximum atomic E-state index is 11.7. The zero-order valence-electron chi connectivity index (χ0n) is 11.3. The van der Waals surface area contributed by atoms with Crippen LogP contribution in [0, 0.1) is 0 Å². The van der Waals surface area contributed by atoms with Crippen LogP contribution >= 0.6 is 0 Å². The highest BCUT2D eigenvalue weighted by molar-refractivity contribution is 5.79. The molecule has 104 valence electrons. The molecule has 0 aromatic heterocycles. The van der Waals surface area contributed by atoms with Crippen LogP contribution in [0.5, 0.6) is 5.75 Å². The number of carboxylic acids is 1. The fraction of sp³-hybridized carbons (Fsp3) is 0.429. The van der Waals surface area contributed by atoms with Crippen LogP contribution in [-0.4, -0.2) is 29.3 Å². The number of hydrogen-bond acceptors (Lipinski definition) is 4. The Balaban J connectivity index is 2.81. The van der Waals surface area contributed by atoms with Gasteiger partial charge >= 0.3 is 11.9 Å². The molecule has 1 rings (SSSR count). The van der Waals surface area contributed by atoms with Crippen LogP contribution in [0.15, 0.2) is 24.3 Å². The smallest absolute Gasteiger partial charge is 0.349 e. The number of benzene rings is 1. The number of rotatable bonds is 6. The molecule has 0 heterocycles. The van der Waals surface area contributed by atoms with Crippen LogP contribution in [-0.2, 0) is 20.7 Å². The van der Waals surface area contributed by atoms with Crippen molar-refractivity contribution < 1.29 is 24.2 Å². The Bertz CT molecular complexity index is 465. The fourth-order valence-corrected chi connectivity index (χ4v) is 1.53. The number of carbonyl (C=O) groups excluding carboxylic acids is 1. The molecule has 19 heavy (non-hydrogen) atoms. The highest BCUT2D eigenvalue weighted by atomic mass is 16.6. The minimum absolute atomic E-state index is 0.0863. The van der Waals surface area contributed by atoms with E-state index in [0.717, 1.165) is 0 Å². The summed E-state index contributed by atoms with van der Waals surface area (Å²) in [5.41, 5.74) is -0.498. The third kappa shape index (κ3) is 4.62. The zero-order valence-corrected chi connectivity index (χ0v) is 11.3. The topological polar surface area (TPSA) is 72.8 Å². The summed E-state index contributed by atoms with van der Waals surface area (Å²) in [6.45, 7) is 5.22. The minimum Gasteiger partial charge on any atom is -0.481 e. The van der Waals surface area contributed by atoms with Gasteiger partial charge in [-0.05, 0) is 38.5 Å². The van der Waals surface area contributed by atoms with Crippen molar-refractivity contribution in [3.05, 3.63) is 29.8 Å². The second-order valence-corrected chi connectivity index (χ2v) is 4.55. The summed E-state index contributed by atoms with van der Waals surface area (Å²) in [5.74, 6) is -0.933. The van der Waals surface area contributed by atoms with Crippen molar-refractivity contribution in [2.75, 3.05) is 6.61 Å². The second-order valence-electron chi connectivity index (χ2n) is 4.55. The van der Waals surface area contributed by atoms with Gasteiger partial charge in [-0.25, -0.2) is 4.79 Å². The van der Waals surface area contributed by atoms with Crippen LogP contribution in [0.3, 0.4) is 0 Å². The van der Waals surface area contributed by atoms with Gasteiger partial charge in [-0.15, -0.1) is 0 Å². The van der Waals surface area contributed by atoms with Crippen molar-refractivity contribution in [2.45, 2.75) is 32.8 Å². The number of ether oxygens (including phenoxy) is 2. The molecule has 0 saturated heterocycles. The second kappa shape index (κ2) is 6.22. The Kier molecular flexibility index (Phi) is 4.92. The van der Waals surface area contributed by atoms with Gasteiger partial charge in [0.2, 0.25) is 0 Å². The lowest BCUT2D eigenvalue weighted by molar-refractivity contribution is -0.158. The van der Waals surface area contributed by atoms with E-state index in [0.29, 0.717) is 11.3 Å². The van der Waals surface area contributed by atoms with Crippen molar-refractivity contribution in [3.63, 3.8) is 0 Å². The number of aliphatic carboxylic acids is 1. The summed E-state index contributed by atoms with van der Waals surface area (Å²) < 4.78 is 10.5. The summed E-state index contributed by atoms with van der Waals surface area (Å²) in [7, 11) is 0. The number of carbonyl (C=O) groups is 2. The largest absolute Gasteiger partial charge is 0.481 e. The third-order valence-electron chi connectivity index (χ3n) is 2.39. The van der Waals surface area contributed by atoms with Crippen LogP contribution < -0.4 is 4.74 Å². The highest BCUT2D eigenvalue weighted by Gasteiger charge is 2.31. The van der Waals surface area contributed by atoms with Gasteiger partial charge in [-0.1, -0.05) is 12.1 Å². The van der Waals surface area contributed by atoms with Gasteiger partial charge in [-0.2, -0.15) is 0 Å². The van der Waals surface area contributed by atoms with E-state index in [1.54, 1.807) is 45.0 Å². The summed E-state index contributed by atoms with van der Waals surface area (Å²) in [4.78, 5) is 22.3. The van der Waals surface area contributed by atoms with Crippen molar-refractivity contribution in [1.29, 1.82) is 0 Å². The predicted molar refractivity (Wildman–Crippen MR) is 69.1 cm³/mol. The first-order valence-corrected chi connectivity index (χ1v) is 6.02. The van der Waals surface area contributed by atoms with E-state index in [1.165, 1.54) is 0 Å². The van der Waals surface area contributed by atoms with Crippen LogP contribution in [0.4, 0.5) is 0 Å². The first-order valence-electron chi connectivity index (χ1n) is 6.02. The Morgan fingerprint density at radius 2 is 2.00 bits per heavy atom. The van der Waals surface area contributed by atoms with Gasteiger partial charge in [0.25, 0.3) is 0 Å². The zero-order chi connectivity index (χ0) is 14.5. The molecule has 0 amide bonds. The lowest BCUT2D eigenvalue weighted by Crippen LogP contribution is -2.39. The molecule has 1 N–H and O–H groups in total. The van der Waals surface area contributed by atoms with E-state index < -0.39 is 17.5 Å². The molecule has 0 bridgehead atoms.